The molecule has 0 radical (unpaired) electrons. The number of thiocarbonyl (C=S) groups is 1. The second-order valence-electron chi connectivity index (χ2n) is 4.91. The first-order valence-corrected chi connectivity index (χ1v) is 7.95. The van der Waals surface area contributed by atoms with E-state index in [1.54, 1.807) is 0 Å². The van der Waals surface area contributed by atoms with E-state index in [9.17, 15) is 4.79 Å². The number of hydrogen-bond donors (Lipinski definition) is 2. The van der Waals surface area contributed by atoms with Gasteiger partial charge in [0.15, 0.2) is 11.5 Å². The average molecular weight is 341 g/mol. The predicted octanol–water partition coefficient (Wildman–Crippen LogP) is 3.88. The van der Waals surface area contributed by atoms with Crippen LogP contribution in [0.25, 0.3) is 0 Å². The van der Waals surface area contributed by atoms with E-state index in [1.807, 2.05) is 61.5 Å². The van der Waals surface area contributed by atoms with E-state index in [1.165, 1.54) is 6.92 Å². The van der Waals surface area contributed by atoms with Gasteiger partial charge in [-0.3, -0.25) is 10.2 Å². The Kier molecular flexibility index (Phi) is 6.45. The van der Waals surface area contributed by atoms with E-state index in [-0.39, 0.29) is 16.5 Å². The molecular weight excluding hydrogens is 322 g/mol. The van der Waals surface area contributed by atoms with E-state index in [2.05, 4.69) is 15.8 Å². The Balaban J connectivity index is 2.07. The number of rotatable bonds is 7. The molecule has 0 bridgehead atoms. The molecule has 24 heavy (non-hydrogen) atoms. The summed E-state index contributed by atoms with van der Waals surface area (Å²) in [6.45, 7) is 3.97. The first-order valence-electron chi connectivity index (χ1n) is 7.54. The van der Waals surface area contributed by atoms with Crippen LogP contribution in [0.3, 0.4) is 0 Å². The van der Waals surface area contributed by atoms with Gasteiger partial charge < -0.3 is 10.1 Å². The van der Waals surface area contributed by atoms with Gasteiger partial charge in [-0.05, 0) is 43.3 Å². The lowest BCUT2D eigenvalue weighted by atomic mass is 10.2. The van der Waals surface area contributed by atoms with Gasteiger partial charge >= 0.3 is 0 Å². The zero-order valence-electron chi connectivity index (χ0n) is 13.6. The number of anilines is 2. The third kappa shape index (κ3) is 5.17. The third-order valence-electron chi connectivity index (χ3n) is 3.04. The van der Waals surface area contributed by atoms with Gasteiger partial charge in [-0.2, -0.15) is 5.10 Å². The third-order valence-corrected chi connectivity index (χ3v) is 3.34. The Morgan fingerprint density at radius 1 is 1.08 bits per heavy atom. The molecule has 0 fully saturated rings. The summed E-state index contributed by atoms with van der Waals surface area (Å²) in [6.07, 6.45) is 0. The molecule has 0 aliphatic carbocycles. The Morgan fingerprint density at radius 2 is 1.75 bits per heavy atom. The summed E-state index contributed by atoms with van der Waals surface area (Å²) in [5.74, 6) is 0.557. The van der Waals surface area contributed by atoms with Crippen LogP contribution in [0, 0.1) is 0 Å². The molecule has 124 valence electrons. The number of ketones is 1. The quantitative estimate of drug-likeness (QED) is 0.454. The smallest absolute Gasteiger partial charge is 0.182 e. The molecule has 0 amide bonds. The average Bonchev–Trinajstić information content (AvgIpc) is 2.57. The van der Waals surface area contributed by atoms with Crippen molar-refractivity contribution in [1.82, 2.24) is 0 Å². The maximum Gasteiger partial charge on any atom is 0.182 e. The number of benzene rings is 2. The molecule has 0 unspecified atom stereocenters. The lowest BCUT2D eigenvalue weighted by Crippen LogP contribution is -2.27. The Hall–Kier alpha value is -2.73. The molecule has 0 aliphatic heterocycles. The maximum absolute atomic E-state index is 11.8. The van der Waals surface area contributed by atoms with Gasteiger partial charge in [0.1, 0.15) is 10.7 Å². The Morgan fingerprint density at radius 3 is 2.33 bits per heavy atom. The van der Waals surface area contributed by atoms with Gasteiger partial charge in [-0.15, -0.1) is 0 Å². The zero-order chi connectivity index (χ0) is 17.4. The molecule has 2 aromatic carbocycles. The number of carbonyl (C=O) groups excluding carboxylic acids is 1. The molecule has 6 heteroatoms. The fourth-order valence-corrected chi connectivity index (χ4v) is 2.22. The Bertz CT molecular complexity index is 728. The minimum atomic E-state index is -0.220. The lowest BCUT2D eigenvalue weighted by molar-refractivity contribution is -0.110. The van der Waals surface area contributed by atoms with Gasteiger partial charge in [0.05, 0.1) is 12.3 Å². The lowest BCUT2D eigenvalue weighted by Gasteiger charge is -2.09. The monoisotopic (exact) mass is 341 g/mol. The van der Waals surface area contributed by atoms with Crippen LogP contribution >= 0.6 is 12.2 Å². The number of nitrogens with zero attached hydrogens (tertiary/aromatic N) is 1. The van der Waals surface area contributed by atoms with E-state index < -0.39 is 0 Å². The largest absolute Gasteiger partial charge is 0.494 e. The van der Waals surface area contributed by atoms with Crippen LogP contribution in [-0.4, -0.2) is 23.1 Å². The minimum absolute atomic E-state index is 0.169. The van der Waals surface area contributed by atoms with E-state index in [4.69, 9.17) is 17.0 Å². The van der Waals surface area contributed by atoms with Crippen molar-refractivity contribution in [2.75, 3.05) is 17.3 Å². The number of carbonyl (C=O) groups is 1. The van der Waals surface area contributed by atoms with Crippen molar-refractivity contribution in [2.24, 2.45) is 5.10 Å². The predicted molar refractivity (Wildman–Crippen MR) is 102 cm³/mol. The maximum atomic E-state index is 11.8. The van der Waals surface area contributed by atoms with Crippen molar-refractivity contribution >= 4 is 40.1 Å². The van der Waals surface area contributed by atoms with Crippen LogP contribution in [0.4, 0.5) is 11.4 Å². The highest BCUT2D eigenvalue weighted by Crippen LogP contribution is 2.15. The van der Waals surface area contributed by atoms with E-state index in [0.29, 0.717) is 6.61 Å². The minimum Gasteiger partial charge on any atom is -0.494 e. The van der Waals surface area contributed by atoms with Gasteiger partial charge in [-0.1, -0.05) is 30.4 Å². The fraction of sp³-hybridized carbons (Fsp3) is 0.167. The molecular formula is C18H19N3O2S. The number of hydrogen-bond acceptors (Lipinski definition) is 5. The van der Waals surface area contributed by atoms with Gasteiger partial charge in [0.2, 0.25) is 0 Å². The van der Waals surface area contributed by atoms with Crippen molar-refractivity contribution in [1.29, 1.82) is 0 Å². The SMILES string of the molecule is CCOc1ccc(N/N=C(\C(C)=O)C(=S)Nc2ccccc2)cc1. The second kappa shape index (κ2) is 8.79. The van der Waals surface area contributed by atoms with Crippen molar-refractivity contribution in [2.45, 2.75) is 13.8 Å². The summed E-state index contributed by atoms with van der Waals surface area (Å²) < 4.78 is 5.38. The Labute approximate surface area is 146 Å². The zero-order valence-corrected chi connectivity index (χ0v) is 14.4. The molecule has 0 aromatic heterocycles. The van der Waals surface area contributed by atoms with Crippen molar-refractivity contribution in [3.05, 3.63) is 54.6 Å². The van der Waals surface area contributed by atoms with Crippen molar-refractivity contribution < 1.29 is 9.53 Å². The number of ether oxygens (including phenoxy) is 1. The summed E-state index contributed by atoms with van der Waals surface area (Å²) in [4.78, 5) is 12.1. The molecule has 0 aliphatic rings. The summed E-state index contributed by atoms with van der Waals surface area (Å²) >= 11 is 5.28. The topological polar surface area (TPSA) is 62.7 Å². The molecule has 0 saturated carbocycles. The highest BCUT2D eigenvalue weighted by molar-refractivity contribution is 7.82. The van der Waals surface area contributed by atoms with Gasteiger partial charge in [-0.25, -0.2) is 0 Å². The van der Waals surface area contributed by atoms with E-state index in [0.717, 1.165) is 17.1 Å². The van der Waals surface area contributed by atoms with Crippen molar-refractivity contribution in [3.63, 3.8) is 0 Å². The number of para-hydroxylation sites is 1. The van der Waals surface area contributed by atoms with Crippen LogP contribution in [0.2, 0.25) is 0 Å². The molecule has 0 saturated heterocycles. The van der Waals surface area contributed by atoms with Gasteiger partial charge in [0, 0.05) is 12.6 Å². The molecule has 0 atom stereocenters. The van der Waals surface area contributed by atoms with Crippen LogP contribution in [0.15, 0.2) is 59.7 Å². The highest BCUT2D eigenvalue weighted by Gasteiger charge is 2.13. The molecule has 2 aromatic rings. The van der Waals surface area contributed by atoms with Crippen molar-refractivity contribution in [3.8, 4) is 5.75 Å². The molecule has 5 nitrogen and oxygen atoms in total. The highest BCUT2D eigenvalue weighted by atomic mass is 32.1. The normalized spacial score (nSPS) is 10.8. The summed E-state index contributed by atoms with van der Waals surface area (Å²) in [5.41, 5.74) is 4.55. The van der Waals surface area contributed by atoms with Crippen LogP contribution in [0.1, 0.15) is 13.8 Å². The van der Waals surface area contributed by atoms with Crippen LogP contribution < -0.4 is 15.5 Å². The number of nitrogens with one attached hydrogen (secondary N) is 2. The fourth-order valence-electron chi connectivity index (χ4n) is 1.91. The van der Waals surface area contributed by atoms with E-state index >= 15 is 0 Å². The number of Topliss-reactive ketones (excluding diaryl/α,β-unsaturated/α-hetero) is 1. The van der Waals surface area contributed by atoms with Crippen LogP contribution in [0.5, 0.6) is 5.75 Å². The first-order chi connectivity index (χ1) is 11.6. The molecule has 0 spiro atoms. The molecule has 0 heterocycles. The first kappa shape index (κ1) is 17.6. The summed E-state index contributed by atoms with van der Waals surface area (Å²) in [5, 5.41) is 7.14. The van der Waals surface area contributed by atoms with Gasteiger partial charge in [0.25, 0.3) is 0 Å². The van der Waals surface area contributed by atoms with Crippen LogP contribution in [-0.2, 0) is 4.79 Å². The standard InChI is InChI=1S/C18H19N3O2S/c1-3-23-16-11-9-15(10-12-16)20-21-17(13(2)22)18(24)19-14-7-5-4-6-8-14/h4-12,20H,3H2,1-2H3,(H,19,24)/b21-17+. The molecule has 2 rings (SSSR count). The summed E-state index contributed by atoms with van der Waals surface area (Å²) in [7, 11) is 0. The molecule has 2 N–H and O–H groups in total. The number of hydrazone groups is 1. The summed E-state index contributed by atoms with van der Waals surface area (Å²) in [6, 6.07) is 16.7. The second-order valence-corrected chi connectivity index (χ2v) is 5.31.